The van der Waals surface area contributed by atoms with Crippen LogP contribution in [0, 0.1) is 6.92 Å². The first kappa shape index (κ1) is 11.5. The zero-order chi connectivity index (χ0) is 11.7. The standard InChI is InChI=1S/C11H19N3O2/c1-7-5-14(6-8(2)15-7)9(3)11-12-10(4)13-16-11/h7-9H,5-6H2,1-4H3/t7-,8-,9-/m0/s1. The fourth-order valence-corrected chi connectivity index (χ4v) is 2.17. The van der Waals surface area contributed by atoms with Gasteiger partial charge in [0.15, 0.2) is 5.82 Å². The van der Waals surface area contributed by atoms with E-state index < -0.39 is 0 Å². The predicted molar refractivity (Wildman–Crippen MR) is 59.0 cm³/mol. The van der Waals surface area contributed by atoms with Gasteiger partial charge in [-0.15, -0.1) is 0 Å². The molecule has 16 heavy (non-hydrogen) atoms. The lowest BCUT2D eigenvalue weighted by molar-refractivity contribution is -0.0818. The molecule has 0 N–H and O–H groups in total. The van der Waals surface area contributed by atoms with Crippen LogP contribution in [0.1, 0.15) is 38.5 Å². The van der Waals surface area contributed by atoms with Gasteiger partial charge < -0.3 is 9.26 Å². The molecule has 1 aliphatic heterocycles. The van der Waals surface area contributed by atoms with E-state index in [-0.39, 0.29) is 18.2 Å². The molecule has 1 aromatic heterocycles. The smallest absolute Gasteiger partial charge is 0.243 e. The molecule has 0 aromatic carbocycles. The highest BCUT2D eigenvalue weighted by Gasteiger charge is 2.28. The molecule has 5 heteroatoms. The molecule has 0 aliphatic carbocycles. The van der Waals surface area contributed by atoms with Crippen molar-refractivity contribution in [3.8, 4) is 0 Å². The van der Waals surface area contributed by atoms with Crippen LogP contribution in [0.3, 0.4) is 0 Å². The van der Waals surface area contributed by atoms with Crippen LogP contribution < -0.4 is 0 Å². The summed E-state index contributed by atoms with van der Waals surface area (Å²) in [6.45, 7) is 9.94. The number of hydrogen-bond acceptors (Lipinski definition) is 5. The number of ether oxygens (including phenoxy) is 1. The van der Waals surface area contributed by atoms with Crippen LogP contribution in [0.2, 0.25) is 0 Å². The first-order valence-corrected chi connectivity index (χ1v) is 5.76. The van der Waals surface area contributed by atoms with E-state index in [0.717, 1.165) is 13.1 Å². The van der Waals surface area contributed by atoms with E-state index in [2.05, 4.69) is 35.8 Å². The molecule has 1 aromatic rings. The Morgan fingerprint density at radius 3 is 2.44 bits per heavy atom. The Hall–Kier alpha value is -0.940. The van der Waals surface area contributed by atoms with Crippen molar-refractivity contribution in [3.63, 3.8) is 0 Å². The fraction of sp³-hybridized carbons (Fsp3) is 0.818. The molecule has 0 unspecified atom stereocenters. The fourth-order valence-electron chi connectivity index (χ4n) is 2.17. The van der Waals surface area contributed by atoms with Gasteiger partial charge in [-0.25, -0.2) is 0 Å². The van der Waals surface area contributed by atoms with E-state index in [0.29, 0.717) is 11.7 Å². The second-order valence-corrected chi connectivity index (χ2v) is 4.57. The summed E-state index contributed by atoms with van der Waals surface area (Å²) >= 11 is 0. The van der Waals surface area contributed by atoms with E-state index in [9.17, 15) is 0 Å². The van der Waals surface area contributed by atoms with Crippen LogP contribution in [0.25, 0.3) is 0 Å². The number of aryl methyl sites for hydroxylation is 1. The van der Waals surface area contributed by atoms with Crippen LogP contribution in [0.5, 0.6) is 0 Å². The molecule has 0 spiro atoms. The maximum atomic E-state index is 5.70. The Morgan fingerprint density at radius 1 is 1.31 bits per heavy atom. The third kappa shape index (κ3) is 2.41. The molecule has 2 rings (SSSR count). The summed E-state index contributed by atoms with van der Waals surface area (Å²) in [4.78, 5) is 6.60. The number of rotatable bonds is 2. The van der Waals surface area contributed by atoms with Crippen molar-refractivity contribution in [3.05, 3.63) is 11.7 Å². The molecule has 5 nitrogen and oxygen atoms in total. The Morgan fingerprint density at radius 2 is 1.94 bits per heavy atom. The van der Waals surface area contributed by atoms with E-state index in [1.165, 1.54) is 0 Å². The maximum absolute atomic E-state index is 5.70. The molecule has 0 saturated carbocycles. The van der Waals surface area contributed by atoms with Crippen molar-refractivity contribution in [2.45, 2.75) is 45.9 Å². The first-order valence-electron chi connectivity index (χ1n) is 5.76. The molecule has 1 aliphatic rings. The zero-order valence-electron chi connectivity index (χ0n) is 10.3. The van der Waals surface area contributed by atoms with Crippen molar-refractivity contribution >= 4 is 0 Å². The van der Waals surface area contributed by atoms with E-state index >= 15 is 0 Å². The number of morpholine rings is 1. The van der Waals surface area contributed by atoms with Crippen LogP contribution in [0.15, 0.2) is 4.52 Å². The summed E-state index contributed by atoms with van der Waals surface area (Å²) in [5.74, 6) is 1.38. The van der Waals surface area contributed by atoms with Gasteiger partial charge in [0.1, 0.15) is 0 Å². The lowest BCUT2D eigenvalue weighted by atomic mass is 10.2. The van der Waals surface area contributed by atoms with Crippen molar-refractivity contribution in [2.75, 3.05) is 13.1 Å². The van der Waals surface area contributed by atoms with E-state index in [1.807, 2.05) is 6.92 Å². The molecule has 3 atom stereocenters. The summed E-state index contributed by atoms with van der Waals surface area (Å²) in [7, 11) is 0. The molecular weight excluding hydrogens is 206 g/mol. The highest BCUT2D eigenvalue weighted by Crippen LogP contribution is 2.22. The van der Waals surface area contributed by atoms with Crippen molar-refractivity contribution < 1.29 is 9.26 Å². The molecule has 0 bridgehead atoms. The van der Waals surface area contributed by atoms with Crippen molar-refractivity contribution in [1.82, 2.24) is 15.0 Å². The molecule has 90 valence electrons. The Kier molecular flexibility index (Phi) is 3.25. The minimum absolute atomic E-state index is 0.162. The van der Waals surface area contributed by atoms with Gasteiger partial charge >= 0.3 is 0 Å². The van der Waals surface area contributed by atoms with Gasteiger partial charge in [-0.2, -0.15) is 4.98 Å². The lowest BCUT2D eigenvalue weighted by Gasteiger charge is -2.37. The van der Waals surface area contributed by atoms with Crippen LogP contribution in [-0.2, 0) is 4.74 Å². The Labute approximate surface area is 95.8 Å². The minimum Gasteiger partial charge on any atom is -0.373 e. The van der Waals surface area contributed by atoms with Gasteiger partial charge in [0.05, 0.1) is 18.2 Å². The highest BCUT2D eigenvalue weighted by molar-refractivity contribution is 4.92. The summed E-state index contributed by atoms with van der Waals surface area (Å²) in [6, 6.07) is 0.162. The average Bonchev–Trinajstić information content (AvgIpc) is 2.62. The molecule has 2 heterocycles. The monoisotopic (exact) mass is 225 g/mol. The van der Waals surface area contributed by atoms with Crippen molar-refractivity contribution in [2.24, 2.45) is 0 Å². The highest BCUT2D eigenvalue weighted by atomic mass is 16.5. The van der Waals surface area contributed by atoms with Crippen molar-refractivity contribution in [1.29, 1.82) is 0 Å². The molecule has 1 saturated heterocycles. The second-order valence-electron chi connectivity index (χ2n) is 4.57. The first-order chi connectivity index (χ1) is 7.56. The second kappa shape index (κ2) is 4.51. The van der Waals surface area contributed by atoms with Crippen LogP contribution >= 0.6 is 0 Å². The average molecular weight is 225 g/mol. The third-order valence-corrected chi connectivity index (χ3v) is 2.90. The van der Waals surface area contributed by atoms with Crippen LogP contribution in [-0.4, -0.2) is 40.3 Å². The minimum atomic E-state index is 0.162. The van der Waals surface area contributed by atoms with Crippen LogP contribution in [0.4, 0.5) is 0 Å². The quantitative estimate of drug-likeness (QED) is 0.764. The Bertz CT molecular complexity index is 343. The lowest BCUT2D eigenvalue weighted by Crippen LogP contribution is -2.46. The maximum Gasteiger partial charge on any atom is 0.243 e. The number of nitrogens with zero attached hydrogens (tertiary/aromatic N) is 3. The summed E-state index contributed by atoms with van der Waals surface area (Å²) in [5, 5.41) is 3.83. The normalized spacial score (nSPS) is 29.2. The van der Waals surface area contributed by atoms with E-state index in [4.69, 9.17) is 9.26 Å². The third-order valence-electron chi connectivity index (χ3n) is 2.90. The van der Waals surface area contributed by atoms with Gasteiger partial charge in [-0.05, 0) is 27.7 Å². The molecule has 0 radical (unpaired) electrons. The Balaban J connectivity index is 2.06. The van der Waals surface area contributed by atoms with Gasteiger partial charge in [-0.1, -0.05) is 5.16 Å². The summed E-state index contributed by atoms with van der Waals surface area (Å²) in [5.41, 5.74) is 0. The molecule has 0 amide bonds. The molecular formula is C11H19N3O2. The largest absolute Gasteiger partial charge is 0.373 e. The topological polar surface area (TPSA) is 51.4 Å². The number of aromatic nitrogens is 2. The number of hydrogen-bond donors (Lipinski definition) is 0. The van der Waals surface area contributed by atoms with Gasteiger partial charge in [0.2, 0.25) is 5.89 Å². The SMILES string of the molecule is Cc1noc([C@H](C)N2C[C@H](C)O[C@@H](C)C2)n1. The predicted octanol–water partition coefficient (Wildman–Crippen LogP) is 1.55. The molecule has 1 fully saturated rings. The zero-order valence-corrected chi connectivity index (χ0v) is 10.3. The summed E-state index contributed by atoms with van der Waals surface area (Å²) in [6.07, 6.45) is 0.519. The van der Waals surface area contributed by atoms with E-state index in [1.54, 1.807) is 0 Å². The summed E-state index contributed by atoms with van der Waals surface area (Å²) < 4.78 is 10.9. The van der Waals surface area contributed by atoms with Gasteiger partial charge in [0.25, 0.3) is 0 Å². The van der Waals surface area contributed by atoms with Gasteiger partial charge in [-0.3, -0.25) is 4.90 Å². The van der Waals surface area contributed by atoms with Gasteiger partial charge in [0, 0.05) is 13.1 Å².